The lowest BCUT2D eigenvalue weighted by Crippen LogP contribution is -2.49. The Morgan fingerprint density at radius 2 is 1.76 bits per heavy atom. The lowest BCUT2D eigenvalue weighted by atomic mass is 9.78. The van der Waals surface area contributed by atoms with Gasteiger partial charge in [-0.15, -0.1) is 0 Å². The third-order valence-corrected chi connectivity index (χ3v) is 5.88. The zero-order chi connectivity index (χ0) is 20.6. The van der Waals surface area contributed by atoms with E-state index in [2.05, 4.69) is 28.9 Å². The van der Waals surface area contributed by atoms with Crippen molar-refractivity contribution in [2.45, 2.75) is 33.6 Å². The monoisotopic (exact) mass is 392 g/mol. The summed E-state index contributed by atoms with van der Waals surface area (Å²) in [5.74, 6) is 0.196. The van der Waals surface area contributed by atoms with Crippen LogP contribution in [-0.2, 0) is 4.79 Å². The van der Waals surface area contributed by atoms with Gasteiger partial charge in [-0.2, -0.15) is 5.10 Å². The van der Waals surface area contributed by atoms with Gasteiger partial charge >= 0.3 is 0 Å². The predicted molar refractivity (Wildman–Crippen MR) is 112 cm³/mol. The third-order valence-electron chi connectivity index (χ3n) is 5.88. The summed E-state index contributed by atoms with van der Waals surface area (Å²) in [6, 6.07) is 9.90. The van der Waals surface area contributed by atoms with Gasteiger partial charge < -0.3 is 9.80 Å². The van der Waals surface area contributed by atoms with Crippen molar-refractivity contribution in [2.75, 3.05) is 26.2 Å². The van der Waals surface area contributed by atoms with Crippen LogP contribution < -0.4 is 0 Å². The summed E-state index contributed by atoms with van der Waals surface area (Å²) >= 11 is 0. The number of nitrogens with one attached hydrogen (secondary N) is 1. The van der Waals surface area contributed by atoms with Gasteiger partial charge in [-0.3, -0.25) is 14.7 Å². The van der Waals surface area contributed by atoms with Crippen LogP contribution in [-0.4, -0.2) is 57.9 Å². The van der Waals surface area contributed by atoms with Crippen LogP contribution in [0.5, 0.6) is 0 Å². The smallest absolute Gasteiger partial charge is 0.272 e. The van der Waals surface area contributed by atoms with E-state index in [4.69, 9.17) is 0 Å². The summed E-state index contributed by atoms with van der Waals surface area (Å²) in [7, 11) is 0. The molecule has 1 amide bonds. The zero-order valence-electron chi connectivity index (χ0n) is 17.4. The Balaban J connectivity index is 1.44. The minimum atomic E-state index is -0.00846. The van der Waals surface area contributed by atoms with E-state index in [1.165, 1.54) is 0 Å². The molecule has 6 nitrogen and oxygen atoms in total. The van der Waals surface area contributed by atoms with E-state index in [0.29, 0.717) is 25.2 Å². The van der Waals surface area contributed by atoms with Crippen molar-refractivity contribution in [3.63, 3.8) is 0 Å². The number of hydrogen-bond donors (Lipinski definition) is 1. The van der Waals surface area contributed by atoms with Crippen molar-refractivity contribution in [2.24, 2.45) is 5.41 Å². The van der Waals surface area contributed by atoms with E-state index in [-0.39, 0.29) is 17.1 Å². The maximum Gasteiger partial charge on any atom is 0.272 e. The summed E-state index contributed by atoms with van der Waals surface area (Å²) in [5.41, 5.74) is 4.39. The van der Waals surface area contributed by atoms with Gasteiger partial charge in [0.15, 0.2) is 5.78 Å². The average Bonchev–Trinajstić information content (AvgIpc) is 3.08. The van der Waals surface area contributed by atoms with Crippen LogP contribution in [0, 0.1) is 12.3 Å². The molecule has 6 heteroatoms. The Bertz CT molecular complexity index is 951. The van der Waals surface area contributed by atoms with Crippen molar-refractivity contribution in [1.82, 2.24) is 20.0 Å². The molecule has 0 spiro atoms. The molecule has 152 valence electrons. The summed E-state index contributed by atoms with van der Waals surface area (Å²) in [6.45, 7) is 9.01. The minimum absolute atomic E-state index is 0.00846. The molecule has 1 fully saturated rings. The predicted octanol–water partition coefficient (Wildman–Crippen LogP) is 3.42. The number of H-pyrrole nitrogens is 1. The lowest BCUT2D eigenvalue weighted by molar-refractivity contribution is -0.117. The molecule has 1 aromatic heterocycles. The topological polar surface area (TPSA) is 69.3 Å². The van der Waals surface area contributed by atoms with Crippen molar-refractivity contribution in [3.8, 4) is 11.3 Å². The van der Waals surface area contributed by atoms with E-state index in [9.17, 15) is 9.59 Å². The quantitative estimate of drug-likeness (QED) is 0.869. The number of ketones is 1. The van der Waals surface area contributed by atoms with Gasteiger partial charge in [-0.1, -0.05) is 44.2 Å². The molecule has 1 aliphatic carbocycles. The third kappa shape index (κ3) is 3.97. The molecule has 1 aromatic carbocycles. The fourth-order valence-corrected chi connectivity index (χ4v) is 4.35. The Morgan fingerprint density at radius 1 is 1.07 bits per heavy atom. The normalized spacial score (nSPS) is 19.3. The Hall–Kier alpha value is -2.89. The van der Waals surface area contributed by atoms with Crippen LogP contribution >= 0.6 is 0 Å². The molecule has 29 heavy (non-hydrogen) atoms. The largest absolute Gasteiger partial charge is 0.371 e. The number of nitrogens with zero attached hydrogens (tertiary/aromatic N) is 3. The SMILES string of the molecule is Cc1c(-c2ccccc2)n[nH]c1C(=O)N1CCN(C2=CC(=O)CC(C)(C)C2)CC1. The van der Waals surface area contributed by atoms with E-state index >= 15 is 0 Å². The molecule has 1 saturated heterocycles. The highest BCUT2D eigenvalue weighted by Crippen LogP contribution is 2.35. The lowest BCUT2D eigenvalue weighted by Gasteiger charge is -2.40. The van der Waals surface area contributed by atoms with Crippen molar-refractivity contribution < 1.29 is 9.59 Å². The maximum atomic E-state index is 13.1. The number of allylic oxidation sites excluding steroid dienone is 2. The van der Waals surface area contributed by atoms with Gasteiger partial charge in [0.05, 0.1) is 5.69 Å². The van der Waals surface area contributed by atoms with E-state index in [0.717, 1.165) is 42.0 Å². The first kappa shape index (κ1) is 19.4. The fraction of sp³-hybridized carbons (Fsp3) is 0.435. The maximum absolute atomic E-state index is 13.1. The number of aromatic nitrogens is 2. The summed E-state index contributed by atoms with van der Waals surface area (Å²) < 4.78 is 0. The Morgan fingerprint density at radius 3 is 2.41 bits per heavy atom. The first-order chi connectivity index (χ1) is 13.8. The van der Waals surface area contributed by atoms with Gasteiger partial charge in [0.25, 0.3) is 5.91 Å². The first-order valence-corrected chi connectivity index (χ1v) is 10.2. The van der Waals surface area contributed by atoms with E-state index < -0.39 is 0 Å². The summed E-state index contributed by atoms with van der Waals surface area (Å²) in [5, 5.41) is 7.33. The van der Waals surface area contributed by atoms with Crippen molar-refractivity contribution >= 4 is 11.7 Å². The highest BCUT2D eigenvalue weighted by atomic mass is 16.2. The molecule has 2 heterocycles. The Kier molecular flexibility index (Phi) is 5.03. The minimum Gasteiger partial charge on any atom is -0.371 e. The number of hydrogen-bond acceptors (Lipinski definition) is 4. The van der Waals surface area contributed by atoms with Gasteiger partial charge in [0.2, 0.25) is 0 Å². The molecular formula is C23H28N4O2. The van der Waals surface area contributed by atoms with Crippen LogP contribution in [0.25, 0.3) is 11.3 Å². The van der Waals surface area contributed by atoms with Crippen LogP contribution in [0.2, 0.25) is 0 Å². The van der Waals surface area contributed by atoms with Crippen molar-refractivity contribution in [1.29, 1.82) is 0 Å². The van der Waals surface area contributed by atoms with Gasteiger partial charge in [0, 0.05) is 55.5 Å². The number of piperazine rings is 1. The molecular weight excluding hydrogens is 364 g/mol. The molecule has 2 aliphatic rings. The van der Waals surface area contributed by atoms with Gasteiger partial charge in [-0.25, -0.2) is 0 Å². The number of amides is 1. The number of carbonyl (C=O) groups is 2. The van der Waals surface area contributed by atoms with Gasteiger partial charge in [0.1, 0.15) is 5.69 Å². The molecule has 4 rings (SSSR count). The second-order valence-electron chi connectivity index (χ2n) is 8.84. The van der Waals surface area contributed by atoms with Crippen molar-refractivity contribution in [3.05, 3.63) is 53.4 Å². The van der Waals surface area contributed by atoms with E-state index in [1.54, 1.807) is 6.08 Å². The van der Waals surface area contributed by atoms with E-state index in [1.807, 2.05) is 42.2 Å². The van der Waals surface area contributed by atoms with Crippen LogP contribution in [0.4, 0.5) is 0 Å². The second kappa shape index (κ2) is 7.50. The molecule has 0 unspecified atom stereocenters. The molecule has 1 aliphatic heterocycles. The van der Waals surface area contributed by atoms with Crippen LogP contribution in [0.3, 0.4) is 0 Å². The zero-order valence-corrected chi connectivity index (χ0v) is 17.4. The number of carbonyl (C=O) groups excluding carboxylic acids is 2. The van der Waals surface area contributed by atoms with Crippen LogP contribution in [0.1, 0.15) is 42.7 Å². The van der Waals surface area contributed by atoms with Gasteiger partial charge in [-0.05, 0) is 18.8 Å². The summed E-state index contributed by atoms with van der Waals surface area (Å²) in [4.78, 5) is 29.3. The summed E-state index contributed by atoms with van der Waals surface area (Å²) in [6.07, 6.45) is 3.32. The number of aromatic amines is 1. The first-order valence-electron chi connectivity index (χ1n) is 10.2. The average molecular weight is 393 g/mol. The molecule has 0 bridgehead atoms. The second-order valence-corrected chi connectivity index (χ2v) is 8.84. The standard InChI is InChI=1S/C23H28N4O2/c1-16-20(17-7-5-4-6-8-17)24-25-21(16)22(29)27-11-9-26(10-12-27)18-13-19(28)15-23(2,3)14-18/h4-8,13H,9-12,14-15H2,1-3H3,(H,24,25). The molecule has 0 saturated carbocycles. The molecule has 2 aromatic rings. The molecule has 0 atom stereocenters. The molecule has 1 N–H and O–H groups in total. The van der Waals surface area contributed by atoms with Crippen LogP contribution in [0.15, 0.2) is 42.1 Å². The highest BCUT2D eigenvalue weighted by Gasteiger charge is 2.32. The number of rotatable bonds is 3. The fourth-order valence-electron chi connectivity index (χ4n) is 4.35. The number of benzene rings is 1. The Labute approximate surface area is 171 Å². The highest BCUT2D eigenvalue weighted by molar-refractivity contribution is 5.95. The molecule has 0 radical (unpaired) electrons.